The Morgan fingerprint density at radius 3 is 2.47 bits per heavy atom. The summed E-state index contributed by atoms with van der Waals surface area (Å²) in [6, 6.07) is 24.3. The highest BCUT2D eigenvalue weighted by molar-refractivity contribution is 7.15. The minimum atomic E-state index is -1.04. The number of nitrogens with zero attached hydrogens (tertiary/aromatic N) is 3. The summed E-state index contributed by atoms with van der Waals surface area (Å²) in [5.74, 6) is -1.65. The van der Waals surface area contributed by atoms with Crippen molar-refractivity contribution in [2.45, 2.75) is 58.8 Å². The largest absolute Gasteiger partial charge is 0.479 e. The number of fused-ring (bicyclic) bond motifs is 2. The molecule has 0 saturated heterocycles. The molecule has 3 aromatic carbocycles. The number of thiazole rings is 1. The van der Waals surface area contributed by atoms with Crippen molar-refractivity contribution in [2.75, 3.05) is 0 Å². The molecule has 5 aromatic rings. The molecular formula is C35H34ClN3O3S. The lowest BCUT2D eigenvalue weighted by Gasteiger charge is -2.37. The van der Waals surface area contributed by atoms with Crippen LogP contribution in [0.1, 0.15) is 61.0 Å². The van der Waals surface area contributed by atoms with Crippen LogP contribution in [-0.4, -0.2) is 37.5 Å². The molecule has 1 aliphatic carbocycles. The third-order valence-corrected chi connectivity index (χ3v) is 9.37. The van der Waals surface area contributed by atoms with Gasteiger partial charge >= 0.3 is 5.97 Å². The number of ether oxygens (including phenoxy) is 1. The van der Waals surface area contributed by atoms with Gasteiger partial charge in [0.2, 0.25) is 0 Å². The molecule has 0 spiro atoms. The van der Waals surface area contributed by atoms with E-state index in [0.717, 1.165) is 48.9 Å². The number of carbonyl (C=O) groups is 1. The Labute approximate surface area is 260 Å². The number of hydrogen-bond acceptors (Lipinski definition) is 5. The van der Waals surface area contributed by atoms with Crippen LogP contribution in [0.3, 0.4) is 0 Å². The number of rotatable bonds is 7. The topological polar surface area (TPSA) is 77.2 Å². The minimum absolute atomic E-state index is 0.258. The molecule has 3 atom stereocenters. The van der Waals surface area contributed by atoms with E-state index in [1.165, 1.54) is 5.56 Å². The summed E-state index contributed by atoms with van der Waals surface area (Å²) < 4.78 is 8.25. The summed E-state index contributed by atoms with van der Waals surface area (Å²) >= 11 is 7.87. The second-order valence-corrected chi connectivity index (χ2v) is 13.6. The molecule has 8 heteroatoms. The Bertz CT molecular complexity index is 1830. The maximum Gasteiger partial charge on any atom is 0.333 e. The molecule has 2 aromatic heterocycles. The van der Waals surface area contributed by atoms with Crippen LogP contribution in [0.25, 0.3) is 27.6 Å². The number of aryl methyl sites for hydroxylation is 1. The Kier molecular flexibility index (Phi) is 7.75. The lowest BCUT2D eigenvalue weighted by Crippen LogP contribution is -2.42. The quantitative estimate of drug-likeness (QED) is 0.199. The van der Waals surface area contributed by atoms with E-state index in [9.17, 15) is 9.90 Å². The van der Waals surface area contributed by atoms with Gasteiger partial charge in [-0.3, -0.25) is 4.68 Å². The smallest absolute Gasteiger partial charge is 0.333 e. The van der Waals surface area contributed by atoms with E-state index >= 15 is 0 Å². The fourth-order valence-corrected chi connectivity index (χ4v) is 7.27. The third kappa shape index (κ3) is 5.90. The van der Waals surface area contributed by atoms with E-state index in [1.54, 1.807) is 11.3 Å². The SMILES string of the molecule is CC1=Cc2nc(-c3ccc4nn(Cc5ccccc5)c(C)c4c3)sc2C(c2ccc(Cl)cc2)C1[C@H](OC(C)(C)C)C(=O)O. The number of aromatic nitrogens is 3. The monoisotopic (exact) mass is 611 g/mol. The molecule has 0 saturated carbocycles. The van der Waals surface area contributed by atoms with E-state index in [4.69, 9.17) is 26.4 Å². The van der Waals surface area contributed by atoms with Gasteiger partial charge in [-0.25, -0.2) is 9.78 Å². The van der Waals surface area contributed by atoms with Crippen molar-refractivity contribution in [3.8, 4) is 10.6 Å². The van der Waals surface area contributed by atoms with Gasteiger partial charge in [0.1, 0.15) is 5.01 Å². The molecular weight excluding hydrogens is 578 g/mol. The number of halogens is 1. The van der Waals surface area contributed by atoms with Crippen molar-refractivity contribution in [1.29, 1.82) is 0 Å². The van der Waals surface area contributed by atoms with Gasteiger partial charge < -0.3 is 9.84 Å². The molecule has 2 unspecified atom stereocenters. The lowest BCUT2D eigenvalue weighted by molar-refractivity contribution is -0.165. The zero-order chi connectivity index (χ0) is 30.5. The average molecular weight is 612 g/mol. The number of aliphatic carboxylic acids is 1. The van der Waals surface area contributed by atoms with Gasteiger partial charge in [0.25, 0.3) is 0 Å². The zero-order valence-corrected chi connectivity index (χ0v) is 26.4. The molecule has 6 nitrogen and oxygen atoms in total. The van der Waals surface area contributed by atoms with E-state index in [1.807, 2.05) is 80.9 Å². The van der Waals surface area contributed by atoms with E-state index in [-0.39, 0.29) is 5.92 Å². The fourth-order valence-electron chi connectivity index (χ4n) is 5.93. The molecule has 6 rings (SSSR count). The van der Waals surface area contributed by atoms with Crippen LogP contribution in [-0.2, 0) is 16.1 Å². The summed E-state index contributed by atoms with van der Waals surface area (Å²) in [5, 5.41) is 17.8. The van der Waals surface area contributed by atoms with Gasteiger partial charge in [0, 0.05) is 38.4 Å². The first-order valence-corrected chi connectivity index (χ1v) is 15.5. The first-order valence-electron chi connectivity index (χ1n) is 14.3. The van der Waals surface area contributed by atoms with Crippen molar-refractivity contribution in [3.63, 3.8) is 0 Å². The van der Waals surface area contributed by atoms with Crippen LogP contribution in [0.4, 0.5) is 0 Å². The molecule has 1 aliphatic rings. The van der Waals surface area contributed by atoms with Gasteiger partial charge in [-0.05, 0) is 82.2 Å². The summed E-state index contributed by atoms with van der Waals surface area (Å²) in [6.45, 7) is 10.4. The third-order valence-electron chi connectivity index (χ3n) is 7.92. The number of carboxylic acids is 1. The van der Waals surface area contributed by atoms with Crippen LogP contribution >= 0.6 is 22.9 Å². The summed E-state index contributed by atoms with van der Waals surface area (Å²) in [6.07, 6.45) is 0.987. The van der Waals surface area contributed by atoms with E-state index in [2.05, 4.69) is 37.3 Å². The highest BCUT2D eigenvalue weighted by Crippen LogP contribution is 2.49. The Morgan fingerprint density at radius 1 is 1.07 bits per heavy atom. The predicted octanol–water partition coefficient (Wildman–Crippen LogP) is 8.60. The van der Waals surface area contributed by atoms with Crippen molar-refractivity contribution in [2.24, 2.45) is 5.92 Å². The molecule has 0 radical (unpaired) electrons. The number of hydrogen-bond donors (Lipinski definition) is 1. The van der Waals surface area contributed by atoms with Crippen molar-refractivity contribution >= 4 is 45.9 Å². The van der Waals surface area contributed by atoms with E-state index < -0.39 is 23.6 Å². The maximum absolute atomic E-state index is 12.7. The lowest BCUT2D eigenvalue weighted by atomic mass is 9.73. The Morgan fingerprint density at radius 2 is 1.79 bits per heavy atom. The number of benzene rings is 3. The first-order chi connectivity index (χ1) is 20.5. The molecule has 1 N–H and O–H groups in total. The van der Waals surface area contributed by atoms with Crippen molar-refractivity contribution in [3.05, 3.63) is 111 Å². The fraction of sp³-hybridized carbons (Fsp3) is 0.286. The highest BCUT2D eigenvalue weighted by Gasteiger charge is 2.43. The molecule has 0 fully saturated rings. The Hall–Kier alpha value is -3.78. The van der Waals surface area contributed by atoms with Crippen LogP contribution < -0.4 is 0 Å². The predicted molar refractivity (Wildman–Crippen MR) is 174 cm³/mol. The molecule has 43 heavy (non-hydrogen) atoms. The van der Waals surface area contributed by atoms with Gasteiger partial charge in [-0.1, -0.05) is 59.6 Å². The van der Waals surface area contributed by atoms with Gasteiger partial charge in [0.15, 0.2) is 6.10 Å². The van der Waals surface area contributed by atoms with E-state index in [0.29, 0.717) is 11.6 Å². The van der Waals surface area contributed by atoms with Crippen LogP contribution in [0.15, 0.2) is 78.4 Å². The van der Waals surface area contributed by atoms with Crippen molar-refractivity contribution in [1.82, 2.24) is 14.8 Å². The minimum Gasteiger partial charge on any atom is -0.479 e. The second-order valence-electron chi connectivity index (χ2n) is 12.2. The standard InChI is InChI=1S/C35H34ClN3O3S/c1-20-17-28-32(30(23-11-14-25(36)15-12-23)29(20)31(34(40)41)42-35(3,4)5)43-33(37-28)24-13-16-27-26(18-24)21(2)39(38-27)19-22-9-7-6-8-10-22/h6-18,29-31H,19H2,1-5H3,(H,40,41)/t29?,30?,31-/m0/s1. The normalized spacial score (nSPS) is 17.5. The summed E-state index contributed by atoms with van der Waals surface area (Å²) in [5.41, 5.74) is 6.39. The van der Waals surface area contributed by atoms with Crippen LogP contribution in [0.2, 0.25) is 5.02 Å². The molecule has 0 bridgehead atoms. The Balaban J connectivity index is 1.43. The summed E-state index contributed by atoms with van der Waals surface area (Å²) in [7, 11) is 0. The molecule has 0 amide bonds. The molecule has 0 aliphatic heterocycles. The summed E-state index contributed by atoms with van der Waals surface area (Å²) in [4.78, 5) is 18.8. The van der Waals surface area contributed by atoms with Crippen LogP contribution in [0, 0.1) is 12.8 Å². The molecule has 2 heterocycles. The van der Waals surface area contributed by atoms with Crippen molar-refractivity contribution < 1.29 is 14.6 Å². The first kappa shape index (κ1) is 29.3. The van der Waals surface area contributed by atoms with Crippen LogP contribution in [0.5, 0.6) is 0 Å². The second kappa shape index (κ2) is 11.4. The average Bonchev–Trinajstić information content (AvgIpc) is 3.52. The maximum atomic E-state index is 12.7. The molecule has 220 valence electrons. The zero-order valence-electron chi connectivity index (χ0n) is 24.8. The number of carboxylic acid groups (broad SMARTS) is 1. The van der Waals surface area contributed by atoms with Gasteiger partial charge in [-0.2, -0.15) is 5.10 Å². The highest BCUT2D eigenvalue weighted by atomic mass is 35.5. The van der Waals surface area contributed by atoms with Gasteiger partial charge in [0.05, 0.1) is 23.4 Å². The van der Waals surface area contributed by atoms with Gasteiger partial charge in [-0.15, -0.1) is 11.3 Å².